The third-order valence-corrected chi connectivity index (χ3v) is 7.05. The number of hydrogen-bond acceptors (Lipinski definition) is 4. The smallest absolute Gasteiger partial charge is 0.263 e. The molecule has 4 rings (SSSR count). The number of fused-ring (bicyclic) bond motifs is 2. The van der Waals surface area contributed by atoms with E-state index < -0.39 is 16.1 Å². The molecule has 2 aromatic rings. The first-order valence-corrected chi connectivity index (χ1v) is 12.2. The number of ether oxygens (including phenoxy) is 1. The summed E-state index contributed by atoms with van der Waals surface area (Å²) in [4.78, 5) is 13.0. The predicted molar refractivity (Wildman–Crippen MR) is 117 cm³/mol. The zero-order valence-corrected chi connectivity index (χ0v) is 18.5. The van der Waals surface area contributed by atoms with E-state index in [1.165, 1.54) is 28.3 Å². The minimum atomic E-state index is -3.54. The molecule has 0 spiro atoms. The third kappa shape index (κ3) is 4.17. The molecule has 0 saturated carbocycles. The molecule has 0 radical (unpaired) electrons. The van der Waals surface area contributed by atoms with Gasteiger partial charge in [-0.1, -0.05) is 24.3 Å². The molecule has 160 valence electrons. The second-order valence-corrected chi connectivity index (χ2v) is 10.2. The largest absolute Gasteiger partial charge is 0.476 e. The summed E-state index contributed by atoms with van der Waals surface area (Å²) in [5.74, 6) is 0.0824. The van der Waals surface area contributed by atoms with Gasteiger partial charge in [-0.2, -0.15) is 0 Å². The highest BCUT2D eigenvalue weighted by molar-refractivity contribution is 7.92. The van der Waals surface area contributed by atoms with Crippen LogP contribution in [-0.4, -0.2) is 33.2 Å². The van der Waals surface area contributed by atoms with E-state index in [2.05, 4.69) is 23.5 Å². The van der Waals surface area contributed by atoms with Gasteiger partial charge in [0.05, 0.1) is 24.5 Å². The van der Waals surface area contributed by atoms with Gasteiger partial charge in [-0.3, -0.25) is 9.10 Å². The molecule has 6 nitrogen and oxygen atoms in total. The first-order valence-electron chi connectivity index (χ1n) is 10.4. The lowest BCUT2D eigenvalue weighted by Gasteiger charge is -2.34. The summed E-state index contributed by atoms with van der Waals surface area (Å²) < 4.78 is 31.8. The van der Waals surface area contributed by atoms with E-state index in [1.54, 1.807) is 12.1 Å². The van der Waals surface area contributed by atoms with E-state index in [9.17, 15) is 13.2 Å². The summed E-state index contributed by atoms with van der Waals surface area (Å²) in [5, 5.41) is 3.00. The molecular weight excluding hydrogens is 400 g/mol. The Morgan fingerprint density at radius 2 is 1.87 bits per heavy atom. The van der Waals surface area contributed by atoms with Gasteiger partial charge in [0.2, 0.25) is 10.0 Å². The molecule has 1 N–H and O–H groups in total. The molecular formula is C23H28N2O4S. The van der Waals surface area contributed by atoms with Crippen LogP contribution in [0.1, 0.15) is 48.1 Å². The molecule has 1 aliphatic carbocycles. The molecule has 1 amide bonds. The van der Waals surface area contributed by atoms with Crippen LogP contribution in [0.2, 0.25) is 0 Å². The molecule has 1 aliphatic heterocycles. The fraction of sp³-hybridized carbons (Fsp3) is 0.435. The lowest BCUT2D eigenvalue weighted by atomic mass is 9.89. The summed E-state index contributed by atoms with van der Waals surface area (Å²) in [6, 6.07) is 11.5. The maximum absolute atomic E-state index is 13.0. The van der Waals surface area contributed by atoms with E-state index in [0.717, 1.165) is 30.2 Å². The predicted octanol–water partition coefficient (Wildman–Crippen LogP) is 3.28. The summed E-state index contributed by atoms with van der Waals surface area (Å²) in [6.45, 7) is 3.79. The maximum atomic E-state index is 13.0. The number of nitrogens with one attached hydrogen (secondary N) is 1. The second-order valence-electron chi connectivity index (χ2n) is 8.34. The average molecular weight is 429 g/mol. The van der Waals surface area contributed by atoms with Crippen LogP contribution in [0.15, 0.2) is 36.4 Å². The molecule has 1 heterocycles. The first-order chi connectivity index (χ1) is 14.2. The minimum Gasteiger partial charge on any atom is -0.476 e. The Balaban J connectivity index is 1.53. The van der Waals surface area contributed by atoms with Crippen LogP contribution >= 0.6 is 0 Å². The fourth-order valence-electron chi connectivity index (χ4n) is 4.22. The molecule has 0 unspecified atom stereocenters. The van der Waals surface area contributed by atoms with Gasteiger partial charge in [-0.25, -0.2) is 8.42 Å². The lowest BCUT2D eigenvalue weighted by Crippen LogP contribution is -2.50. The van der Waals surface area contributed by atoms with Crippen LogP contribution in [0.3, 0.4) is 0 Å². The quantitative estimate of drug-likeness (QED) is 0.811. The van der Waals surface area contributed by atoms with Gasteiger partial charge in [-0.05, 0) is 73.9 Å². The molecule has 2 aliphatic rings. The number of nitrogens with zero attached hydrogens (tertiary/aromatic N) is 1. The second kappa shape index (κ2) is 7.95. The van der Waals surface area contributed by atoms with Crippen molar-refractivity contribution in [1.82, 2.24) is 5.32 Å². The number of carbonyl (C=O) groups is 1. The van der Waals surface area contributed by atoms with Crippen LogP contribution in [0.25, 0.3) is 0 Å². The highest BCUT2D eigenvalue weighted by Crippen LogP contribution is 2.36. The van der Waals surface area contributed by atoms with Crippen LogP contribution in [0, 0.1) is 6.92 Å². The SMILES string of the molecule is Cc1ccc2c(c1)N(S(C)(=O)=O)C[C@H](C(=O)N[C@H](C)c1ccc3c(c1)CCCC3)O2. The Kier molecular flexibility index (Phi) is 5.49. The fourth-order valence-corrected chi connectivity index (χ4v) is 5.13. The highest BCUT2D eigenvalue weighted by atomic mass is 32.2. The van der Waals surface area contributed by atoms with Crippen molar-refractivity contribution in [2.75, 3.05) is 17.1 Å². The number of benzene rings is 2. The maximum Gasteiger partial charge on any atom is 0.263 e. The molecule has 0 saturated heterocycles. The molecule has 7 heteroatoms. The number of hydrogen-bond donors (Lipinski definition) is 1. The van der Waals surface area contributed by atoms with E-state index in [0.29, 0.717) is 11.4 Å². The number of sulfonamides is 1. The van der Waals surface area contributed by atoms with Crippen LogP contribution in [0.5, 0.6) is 5.75 Å². The van der Waals surface area contributed by atoms with Crippen LogP contribution in [0.4, 0.5) is 5.69 Å². The van der Waals surface area contributed by atoms with Gasteiger partial charge in [0.15, 0.2) is 6.10 Å². The van der Waals surface area contributed by atoms with Crippen molar-refractivity contribution in [1.29, 1.82) is 0 Å². The summed E-state index contributed by atoms with van der Waals surface area (Å²) >= 11 is 0. The zero-order chi connectivity index (χ0) is 21.5. The Morgan fingerprint density at radius 1 is 1.13 bits per heavy atom. The van der Waals surface area contributed by atoms with Crippen molar-refractivity contribution in [2.24, 2.45) is 0 Å². The van der Waals surface area contributed by atoms with Crippen molar-refractivity contribution in [2.45, 2.75) is 51.7 Å². The minimum absolute atomic E-state index is 0.0436. The van der Waals surface area contributed by atoms with Crippen molar-refractivity contribution < 1.29 is 17.9 Å². The summed E-state index contributed by atoms with van der Waals surface area (Å²) in [7, 11) is -3.54. The monoisotopic (exact) mass is 428 g/mol. The van der Waals surface area contributed by atoms with Crippen LogP contribution in [-0.2, 0) is 27.7 Å². The number of anilines is 1. The summed E-state index contributed by atoms with van der Waals surface area (Å²) in [6.07, 6.45) is 4.87. The van der Waals surface area contributed by atoms with E-state index in [-0.39, 0.29) is 18.5 Å². The Hall–Kier alpha value is -2.54. The Morgan fingerprint density at radius 3 is 2.60 bits per heavy atom. The van der Waals surface area contributed by atoms with Gasteiger partial charge in [-0.15, -0.1) is 0 Å². The highest BCUT2D eigenvalue weighted by Gasteiger charge is 2.35. The number of aryl methyl sites for hydroxylation is 3. The van der Waals surface area contributed by atoms with E-state index >= 15 is 0 Å². The number of carbonyl (C=O) groups excluding carboxylic acids is 1. The molecule has 2 atom stereocenters. The zero-order valence-electron chi connectivity index (χ0n) is 17.6. The van der Waals surface area contributed by atoms with Crippen molar-refractivity contribution in [3.05, 3.63) is 58.7 Å². The van der Waals surface area contributed by atoms with E-state index in [1.807, 2.05) is 19.9 Å². The Bertz CT molecular complexity index is 1080. The third-order valence-electron chi connectivity index (χ3n) is 5.91. The van der Waals surface area contributed by atoms with Crippen molar-refractivity contribution in [3.8, 4) is 5.75 Å². The van der Waals surface area contributed by atoms with Crippen molar-refractivity contribution >= 4 is 21.6 Å². The normalized spacial score (nSPS) is 19.3. The molecule has 2 aromatic carbocycles. The van der Waals surface area contributed by atoms with Crippen LogP contribution < -0.4 is 14.4 Å². The Labute approximate surface area is 178 Å². The standard InChI is InChI=1S/C23H28N2O4S/c1-15-8-11-21-20(12-15)25(30(3,27)28)14-22(29-21)23(26)24-16(2)18-10-9-17-6-4-5-7-19(17)13-18/h8-13,16,22H,4-7,14H2,1-3H3,(H,24,26)/t16-,22-/m1/s1. The van der Waals surface area contributed by atoms with Crippen molar-refractivity contribution in [3.63, 3.8) is 0 Å². The van der Waals surface area contributed by atoms with Gasteiger partial charge in [0, 0.05) is 0 Å². The topological polar surface area (TPSA) is 75.7 Å². The van der Waals surface area contributed by atoms with Gasteiger partial charge >= 0.3 is 0 Å². The van der Waals surface area contributed by atoms with E-state index in [4.69, 9.17) is 4.74 Å². The van der Waals surface area contributed by atoms with Gasteiger partial charge in [0.1, 0.15) is 5.75 Å². The average Bonchev–Trinajstić information content (AvgIpc) is 2.71. The molecule has 0 bridgehead atoms. The molecule has 0 fully saturated rings. The number of rotatable bonds is 4. The summed E-state index contributed by atoms with van der Waals surface area (Å²) in [5.41, 5.74) is 5.21. The number of amides is 1. The van der Waals surface area contributed by atoms with Gasteiger partial charge in [0.25, 0.3) is 5.91 Å². The molecule has 0 aromatic heterocycles. The lowest BCUT2D eigenvalue weighted by molar-refractivity contribution is -0.128. The molecule has 30 heavy (non-hydrogen) atoms. The first kappa shape index (κ1) is 20.7. The van der Waals surface area contributed by atoms with Gasteiger partial charge < -0.3 is 10.1 Å².